The molecule has 1 heterocycles. The van der Waals surface area contributed by atoms with E-state index in [0.29, 0.717) is 11.5 Å². The summed E-state index contributed by atoms with van der Waals surface area (Å²) in [6.07, 6.45) is 4.84. The molecule has 1 aliphatic rings. The number of rotatable bonds is 5. The van der Waals surface area contributed by atoms with Crippen LogP contribution in [0.4, 0.5) is 4.79 Å². The van der Waals surface area contributed by atoms with E-state index in [0.717, 1.165) is 19.3 Å². The molecule has 1 amide bonds. The van der Waals surface area contributed by atoms with Crippen LogP contribution in [0.15, 0.2) is 34.6 Å². The fourth-order valence-corrected chi connectivity index (χ4v) is 3.10. The number of aliphatic hydroxyl groups is 1. The Morgan fingerprint density at radius 2 is 2.04 bits per heavy atom. The van der Waals surface area contributed by atoms with E-state index in [-0.39, 0.29) is 24.1 Å². The van der Waals surface area contributed by atoms with Crippen LogP contribution < -0.4 is 0 Å². The van der Waals surface area contributed by atoms with E-state index in [9.17, 15) is 9.90 Å². The molecule has 2 rings (SSSR count). The third kappa shape index (κ3) is 4.38. The Kier molecular flexibility index (Phi) is 5.88. The van der Waals surface area contributed by atoms with Gasteiger partial charge in [-0.25, -0.2) is 4.79 Å². The highest BCUT2D eigenvalue weighted by molar-refractivity contribution is 5.69. The standard InChI is InChI=1S/C18H27NO4/c1-12(2)19(13(3)4)18(21)23-15-8-5-7-14(11-15)17(20)16-9-6-10-22-16/h6,9-14,17,20H,5,7-8H2,1-4H3/t14-,17+/m0/s1. The van der Waals surface area contributed by atoms with Crippen molar-refractivity contribution < 1.29 is 19.1 Å². The van der Waals surface area contributed by atoms with Gasteiger partial charge in [0, 0.05) is 24.4 Å². The second kappa shape index (κ2) is 7.68. The van der Waals surface area contributed by atoms with Gasteiger partial charge < -0.3 is 19.2 Å². The molecule has 0 saturated carbocycles. The van der Waals surface area contributed by atoms with Crippen molar-refractivity contribution in [3.05, 3.63) is 36.0 Å². The number of aliphatic hydroxyl groups excluding tert-OH is 1. The summed E-state index contributed by atoms with van der Waals surface area (Å²) in [5.41, 5.74) is 0. The first-order valence-corrected chi connectivity index (χ1v) is 8.32. The summed E-state index contributed by atoms with van der Waals surface area (Å²) in [6.45, 7) is 7.89. The number of carbonyl (C=O) groups excluding carboxylic acids is 1. The van der Waals surface area contributed by atoms with Crippen molar-refractivity contribution in [2.24, 2.45) is 5.92 Å². The molecular formula is C18H27NO4. The van der Waals surface area contributed by atoms with Gasteiger partial charge in [-0.05, 0) is 58.7 Å². The van der Waals surface area contributed by atoms with Gasteiger partial charge in [0.1, 0.15) is 17.6 Å². The molecule has 0 aliphatic heterocycles. The second-order valence-corrected chi connectivity index (χ2v) is 6.61. The van der Waals surface area contributed by atoms with Crippen LogP contribution in [0.1, 0.15) is 58.8 Å². The van der Waals surface area contributed by atoms with E-state index in [1.807, 2.05) is 33.8 Å². The van der Waals surface area contributed by atoms with Gasteiger partial charge in [-0.15, -0.1) is 0 Å². The summed E-state index contributed by atoms with van der Waals surface area (Å²) in [5, 5.41) is 10.4. The van der Waals surface area contributed by atoms with E-state index in [4.69, 9.17) is 9.15 Å². The third-order valence-corrected chi connectivity index (χ3v) is 4.14. The molecule has 0 fully saturated rings. The van der Waals surface area contributed by atoms with Crippen LogP contribution in [0.2, 0.25) is 0 Å². The van der Waals surface area contributed by atoms with Gasteiger partial charge in [-0.2, -0.15) is 0 Å². The summed E-state index contributed by atoms with van der Waals surface area (Å²) >= 11 is 0. The largest absolute Gasteiger partial charge is 0.467 e. The van der Waals surface area contributed by atoms with Crippen molar-refractivity contribution in [3.63, 3.8) is 0 Å². The summed E-state index contributed by atoms with van der Waals surface area (Å²) in [6, 6.07) is 3.68. The van der Waals surface area contributed by atoms with E-state index in [1.54, 1.807) is 23.3 Å². The molecule has 5 nitrogen and oxygen atoms in total. The van der Waals surface area contributed by atoms with Crippen molar-refractivity contribution in [1.82, 2.24) is 4.90 Å². The smallest absolute Gasteiger partial charge is 0.415 e. The van der Waals surface area contributed by atoms with Gasteiger partial charge in [-0.3, -0.25) is 0 Å². The van der Waals surface area contributed by atoms with Crippen LogP contribution in [-0.2, 0) is 4.74 Å². The average molecular weight is 321 g/mol. The van der Waals surface area contributed by atoms with Crippen molar-refractivity contribution in [2.75, 3.05) is 0 Å². The minimum Gasteiger partial charge on any atom is -0.467 e. The van der Waals surface area contributed by atoms with Crippen molar-refractivity contribution in [2.45, 2.75) is 65.1 Å². The van der Waals surface area contributed by atoms with Crippen LogP contribution in [0.25, 0.3) is 0 Å². The predicted octanol–water partition coefficient (Wildman–Crippen LogP) is 4.25. The zero-order valence-corrected chi connectivity index (χ0v) is 14.4. The van der Waals surface area contributed by atoms with E-state index >= 15 is 0 Å². The van der Waals surface area contributed by atoms with Crippen molar-refractivity contribution >= 4 is 6.09 Å². The SMILES string of the molecule is CC(C)N(C(=O)OC1=C[C@@H]([C@@H](O)c2ccco2)CCC1)C(C)C. The Morgan fingerprint density at radius 3 is 2.61 bits per heavy atom. The minimum atomic E-state index is -0.703. The lowest BCUT2D eigenvalue weighted by molar-refractivity contribution is 0.0816. The monoisotopic (exact) mass is 321 g/mol. The van der Waals surface area contributed by atoms with Gasteiger partial charge in [0.05, 0.1) is 6.26 Å². The predicted molar refractivity (Wildman–Crippen MR) is 87.7 cm³/mol. The van der Waals surface area contributed by atoms with E-state index < -0.39 is 6.10 Å². The van der Waals surface area contributed by atoms with Gasteiger partial charge in [0.2, 0.25) is 0 Å². The van der Waals surface area contributed by atoms with Gasteiger partial charge in [0.25, 0.3) is 0 Å². The molecule has 1 aromatic rings. The van der Waals surface area contributed by atoms with E-state index in [1.165, 1.54) is 0 Å². The lowest BCUT2D eigenvalue weighted by Crippen LogP contribution is -2.42. The highest BCUT2D eigenvalue weighted by Crippen LogP contribution is 2.33. The summed E-state index contributed by atoms with van der Waals surface area (Å²) in [4.78, 5) is 14.1. The summed E-state index contributed by atoms with van der Waals surface area (Å²) in [7, 11) is 0. The molecule has 1 N–H and O–H groups in total. The number of carbonyl (C=O) groups is 1. The molecule has 5 heteroatoms. The number of allylic oxidation sites excluding steroid dienone is 1. The van der Waals surface area contributed by atoms with Crippen LogP contribution in [0.3, 0.4) is 0 Å². The molecule has 1 aromatic heterocycles. The van der Waals surface area contributed by atoms with Gasteiger partial charge in [0.15, 0.2) is 0 Å². The van der Waals surface area contributed by atoms with Crippen LogP contribution in [0.5, 0.6) is 0 Å². The summed E-state index contributed by atoms with van der Waals surface area (Å²) in [5.74, 6) is 1.09. The molecule has 128 valence electrons. The first-order valence-electron chi connectivity index (χ1n) is 8.32. The van der Waals surface area contributed by atoms with Crippen LogP contribution in [0, 0.1) is 5.92 Å². The Hall–Kier alpha value is -1.75. The van der Waals surface area contributed by atoms with Crippen molar-refractivity contribution in [3.8, 4) is 0 Å². The lowest BCUT2D eigenvalue weighted by Gasteiger charge is -2.31. The zero-order chi connectivity index (χ0) is 17.0. The number of amides is 1. The first-order chi connectivity index (χ1) is 10.9. The van der Waals surface area contributed by atoms with Crippen molar-refractivity contribution in [1.29, 1.82) is 0 Å². The Labute approximate surface area is 137 Å². The molecule has 23 heavy (non-hydrogen) atoms. The molecule has 0 radical (unpaired) electrons. The lowest BCUT2D eigenvalue weighted by atomic mass is 9.89. The highest BCUT2D eigenvalue weighted by Gasteiger charge is 2.28. The fraction of sp³-hybridized carbons (Fsp3) is 0.611. The Bertz CT molecular complexity index is 525. The highest BCUT2D eigenvalue weighted by atomic mass is 16.6. The molecule has 1 aliphatic carbocycles. The van der Waals surface area contributed by atoms with E-state index in [2.05, 4.69) is 0 Å². The average Bonchev–Trinajstić information content (AvgIpc) is 3.00. The van der Waals surface area contributed by atoms with Crippen LogP contribution >= 0.6 is 0 Å². The third-order valence-electron chi connectivity index (χ3n) is 4.14. The quantitative estimate of drug-likeness (QED) is 0.880. The molecule has 0 aromatic carbocycles. The Morgan fingerprint density at radius 1 is 1.35 bits per heavy atom. The molecule has 0 saturated heterocycles. The first kappa shape index (κ1) is 17.6. The van der Waals surface area contributed by atoms with Crippen LogP contribution in [-0.4, -0.2) is 28.2 Å². The topological polar surface area (TPSA) is 62.9 Å². The normalized spacial score (nSPS) is 19.6. The molecule has 0 bridgehead atoms. The second-order valence-electron chi connectivity index (χ2n) is 6.61. The molecule has 0 spiro atoms. The number of hydrogen-bond acceptors (Lipinski definition) is 4. The maximum absolute atomic E-state index is 12.4. The fourth-order valence-electron chi connectivity index (χ4n) is 3.10. The number of nitrogens with zero attached hydrogens (tertiary/aromatic N) is 1. The minimum absolute atomic E-state index is 0.0798. The molecule has 0 unspecified atom stereocenters. The maximum atomic E-state index is 12.4. The maximum Gasteiger partial charge on any atom is 0.415 e. The van der Waals surface area contributed by atoms with Gasteiger partial charge in [-0.1, -0.05) is 0 Å². The molecular weight excluding hydrogens is 294 g/mol. The summed E-state index contributed by atoms with van der Waals surface area (Å²) < 4.78 is 10.9. The number of furan rings is 1. The molecule has 2 atom stereocenters. The number of ether oxygens (including phenoxy) is 1. The zero-order valence-electron chi connectivity index (χ0n) is 14.4. The van der Waals surface area contributed by atoms with Gasteiger partial charge >= 0.3 is 6.09 Å². The number of hydrogen-bond donors (Lipinski definition) is 1. The Balaban J connectivity index is 2.06.